The Kier molecular flexibility index (Phi) is 4.19. The first-order chi connectivity index (χ1) is 12.2. The van der Waals surface area contributed by atoms with Crippen LogP contribution >= 0.6 is 12.2 Å². The molecular formula is C19H17FN4S. The van der Waals surface area contributed by atoms with Gasteiger partial charge in [0.1, 0.15) is 5.82 Å². The fraction of sp³-hybridized carbons (Fsp3) is 0.158. The van der Waals surface area contributed by atoms with Crippen LogP contribution in [0.5, 0.6) is 0 Å². The van der Waals surface area contributed by atoms with Gasteiger partial charge in [-0.05, 0) is 60.2 Å². The van der Waals surface area contributed by atoms with E-state index in [-0.39, 0.29) is 11.9 Å². The zero-order valence-corrected chi connectivity index (χ0v) is 14.3. The van der Waals surface area contributed by atoms with Gasteiger partial charge in [0.15, 0.2) is 5.11 Å². The van der Waals surface area contributed by atoms with Crippen LogP contribution in [0.15, 0.2) is 67.1 Å². The predicted molar refractivity (Wildman–Crippen MR) is 99.8 cm³/mol. The minimum atomic E-state index is -0.286. The third kappa shape index (κ3) is 3.13. The van der Waals surface area contributed by atoms with Crippen LogP contribution < -0.4 is 5.32 Å². The summed E-state index contributed by atoms with van der Waals surface area (Å²) in [5, 5.41) is 3.75. The van der Waals surface area contributed by atoms with Crippen molar-refractivity contribution in [1.29, 1.82) is 0 Å². The van der Waals surface area contributed by atoms with Crippen LogP contribution in [0.25, 0.3) is 0 Å². The molecule has 0 saturated heterocycles. The van der Waals surface area contributed by atoms with Crippen molar-refractivity contribution >= 4 is 23.0 Å². The van der Waals surface area contributed by atoms with Crippen LogP contribution in [0.1, 0.15) is 17.3 Å². The Bertz CT molecular complexity index is 893. The molecule has 0 aliphatic carbocycles. The Morgan fingerprint density at radius 2 is 1.96 bits per heavy atom. The lowest BCUT2D eigenvalue weighted by Crippen LogP contribution is -2.44. The normalized spacial score (nSPS) is 16.4. The maximum atomic E-state index is 13.4. The molecule has 4 rings (SSSR count). The highest BCUT2D eigenvalue weighted by molar-refractivity contribution is 7.80. The summed E-state index contributed by atoms with van der Waals surface area (Å²) in [6.45, 7) is 1.63. The van der Waals surface area contributed by atoms with E-state index in [1.165, 1.54) is 17.8 Å². The maximum absolute atomic E-state index is 13.4. The summed E-state index contributed by atoms with van der Waals surface area (Å²) in [7, 11) is 0. The molecule has 1 atom stereocenters. The van der Waals surface area contributed by atoms with Gasteiger partial charge < -0.3 is 14.8 Å². The maximum Gasteiger partial charge on any atom is 0.174 e. The molecule has 0 radical (unpaired) electrons. The number of rotatable bonds is 2. The van der Waals surface area contributed by atoms with Gasteiger partial charge in [0, 0.05) is 43.1 Å². The van der Waals surface area contributed by atoms with Crippen LogP contribution in [0.2, 0.25) is 0 Å². The molecule has 0 fully saturated rings. The minimum absolute atomic E-state index is 0.000286. The number of anilines is 1. The fourth-order valence-electron chi connectivity index (χ4n) is 3.26. The molecule has 126 valence electrons. The van der Waals surface area contributed by atoms with E-state index in [4.69, 9.17) is 12.2 Å². The Morgan fingerprint density at radius 3 is 2.76 bits per heavy atom. The van der Waals surface area contributed by atoms with E-state index >= 15 is 0 Å². The molecule has 1 N–H and O–H groups in total. The Hall–Kier alpha value is -2.73. The van der Waals surface area contributed by atoms with Gasteiger partial charge in [-0.3, -0.25) is 4.98 Å². The first kappa shape index (κ1) is 15.8. The molecule has 0 spiro atoms. The Labute approximate surface area is 150 Å². The second-order valence-electron chi connectivity index (χ2n) is 5.94. The molecule has 6 heteroatoms. The molecule has 3 heterocycles. The van der Waals surface area contributed by atoms with Crippen molar-refractivity contribution in [3.8, 4) is 0 Å². The summed E-state index contributed by atoms with van der Waals surface area (Å²) < 4.78 is 15.7. The van der Waals surface area contributed by atoms with Crippen LogP contribution in [-0.2, 0) is 6.54 Å². The highest BCUT2D eigenvalue weighted by Crippen LogP contribution is 2.32. The van der Waals surface area contributed by atoms with Crippen LogP contribution in [0.3, 0.4) is 0 Å². The number of hydrogen-bond acceptors (Lipinski definition) is 2. The third-order valence-corrected chi connectivity index (χ3v) is 4.73. The molecular weight excluding hydrogens is 335 g/mol. The molecule has 2 aromatic heterocycles. The quantitative estimate of drug-likeness (QED) is 0.711. The zero-order chi connectivity index (χ0) is 17.2. The number of fused-ring (bicyclic) bond motifs is 1. The first-order valence-electron chi connectivity index (χ1n) is 8.10. The molecule has 0 unspecified atom stereocenters. The largest absolute Gasteiger partial charge is 0.348 e. The molecule has 3 aromatic rings. The molecule has 0 bridgehead atoms. The molecule has 1 aromatic carbocycles. The van der Waals surface area contributed by atoms with Crippen molar-refractivity contribution in [3.63, 3.8) is 0 Å². The van der Waals surface area contributed by atoms with Crippen LogP contribution in [0.4, 0.5) is 10.1 Å². The van der Waals surface area contributed by atoms with Crippen LogP contribution in [-0.4, -0.2) is 26.1 Å². The van der Waals surface area contributed by atoms with Gasteiger partial charge in [-0.15, -0.1) is 0 Å². The summed E-state index contributed by atoms with van der Waals surface area (Å²) in [5.74, 6) is -0.286. The van der Waals surface area contributed by atoms with Gasteiger partial charge in [0.25, 0.3) is 0 Å². The summed E-state index contributed by atoms with van der Waals surface area (Å²) in [6, 6.07) is 14.5. The monoisotopic (exact) mass is 352 g/mol. The molecule has 0 amide bonds. The topological polar surface area (TPSA) is 33.1 Å². The van der Waals surface area contributed by atoms with Gasteiger partial charge in [-0.2, -0.15) is 0 Å². The number of nitrogens with one attached hydrogen (secondary N) is 1. The minimum Gasteiger partial charge on any atom is -0.348 e. The van der Waals surface area contributed by atoms with Gasteiger partial charge >= 0.3 is 0 Å². The summed E-state index contributed by atoms with van der Waals surface area (Å²) in [5.41, 5.74) is 2.96. The second-order valence-corrected chi connectivity index (χ2v) is 6.33. The van der Waals surface area contributed by atoms with E-state index in [9.17, 15) is 4.39 Å². The van der Waals surface area contributed by atoms with Gasteiger partial charge in [0.2, 0.25) is 0 Å². The predicted octanol–water partition coefficient (Wildman–Crippen LogP) is 3.82. The number of pyridine rings is 1. The summed E-state index contributed by atoms with van der Waals surface area (Å²) in [4.78, 5) is 6.26. The van der Waals surface area contributed by atoms with E-state index in [0.717, 1.165) is 18.7 Å². The smallest absolute Gasteiger partial charge is 0.174 e. The lowest BCUT2D eigenvalue weighted by molar-refractivity contribution is 0.293. The van der Waals surface area contributed by atoms with Crippen molar-refractivity contribution < 1.29 is 4.39 Å². The highest BCUT2D eigenvalue weighted by Gasteiger charge is 2.30. The average molecular weight is 352 g/mol. The highest BCUT2D eigenvalue weighted by atomic mass is 32.1. The fourth-order valence-corrected chi connectivity index (χ4v) is 3.57. The molecule has 25 heavy (non-hydrogen) atoms. The molecule has 0 saturated carbocycles. The average Bonchev–Trinajstić information content (AvgIpc) is 3.10. The third-order valence-electron chi connectivity index (χ3n) is 4.40. The second kappa shape index (κ2) is 6.64. The van der Waals surface area contributed by atoms with E-state index in [1.807, 2.05) is 18.2 Å². The number of halogens is 1. The van der Waals surface area contributed by atoms with E-state index in [0.29, 0.717) is 10.8 Å². The number of nitrogens with zero attached hydrogens (tertiary/aromatic N) is 3. The van der Waals surface area contributed by atoms with E-state index in [2.05, 4.69) is 38.1 Å². The van der Waals surface area contributed by atoms with Crippen molar-refractivity contribution in [2.75, 3.05) is 11.9 Å². The standard InChI is InChI=1S/C19H17FN4S/c20-15-3-1-4-16(13-15)22-19(25)24-12-11-23-10-2-5-17(23)18(24)14-6-8-21-9-7-14/h1-10,13,18H,11-12H2,(H,22,25)/t18-/m0/s1. The first-order valence-corrected chi connectivity index (χ1v) is 8.51. The lowest BCUT2D eigenvalue weighted by atomic mass is 10.0. The SMILES string of the molecule is Fc1cccc(NC(=S)N2CCn3cccc3[C@@H]2c2ccncc2)c1. The molecule has 1 aliphatic rings. The molecule has 1 aliphatic heterocycles. The van der Waals surface area contributed by atoms with Gasteiger partial charge in [-0.1, -0.05) is 6.07 Å². The lowest BCUT2D eigenvalue weighted by Gasteiger charge is -2.39. The van der Waals surface area contributed by atoms with Gasteiger partial charge in [-0.25, -0.2) is 4.39 Å². The van der Waals surface area contributed by atoms with Crippen LogP contribution in [0, 0.1) is 5.82 Å². The number of hydrogen-bond donors (Lipinski definition) is 1. The Morgan fingerprint density at radius 1 is 1.12 bits per heavy atom. The van der Waals surface area contributed by atoms with Crippen molar-refractivity contribution in [2.24, 2.45) is 0 Å². The number of aromatic nitrogens is 2. The molecule has 4 nitrogen and oxygen atoms in total. The summed E-state index contributed by atoms with van der Waals surface area (Å²) >= 11 is 5.65. The summed E-state index contributed by atoms with van der Waals surface area (Å²) in [6.07, 6.45) is 5.67. The van der Waals surface area contributed by atoms with Crippen molar-refractivity contribution in [2.45, 2.75) is 12.6 Å². The van der Waals surface area contributed by atoms with Crippen molar-refractivity contribution in [3.05, 3.63) is 84.2 Å². The Balaban J connectivity index is 1.66. The van der Waals surface area contributed by atoms with E-state index in [1.54, 1.807) is 18.5 Å². The zero-order valence-electron chi connectivity index (χ0n) is 13.5. The number of thiocarbonyl (C=S) groups is 1. The van der Waals surface area contributed by atoms with E-state index < -0.39 is 0 Å². The van der Waals surface area contributed by atoms with Gasteiger partial charge in [0.05, 0.1) is 6.04 Å². The van der Waals surface area contributed by atoms with Crippen molar-refractivity contribution in [1.82, 2.24) is 14.5 Å². The number of benzene rings is 1.